The van der Waals surface area contributed by atoms with Crippen LogP contribution in [0.2, 0.25) is 0 Å². The van der Waals surface area contributed by atoms with E-state index in [1.165, 1.54) is 12.1 Å². The number of amides is 1. The normalized spacial score (nSPS) is 15.7. The lowest BCUT2D eigenvalue weighted by Gasteiger charge is -2.44. The molecule has 0 saturated heterocycles. The van der Waals surface area contributed by atoms with E-state index in [0.717, 1.165) is 12.1 Å². The summed E-state index contributed by atoms with van der Waals surface area (Å²) in [5.74, 6) is -81.5. The van der Waals surface area contributed by atoms with Crippen LogP contribution in [0.3, 0.4) is 0 Å². The van der Waals surface area contributed by atoms with Crippen LogP contribution in [0.4, 0.5) is 92.9 Å². The van der Waals surface area contributed by atoms with E-state index in [2.05, 4.69) is 16.6 Å². The van der Waals surface area contributed by atoms with Gasteiger partial charge in [0, 0.05) is 0 Å². The van der Waals surface area contributed by atoms with E-state index in [1.807, 2.05) is 0 Å². The summed E-state index contributed by atoms with van der Waals surface area (Å²) in [4.78, 5) is 14.9. The quantitative estimate of drug-likeness (QED) is 0.187. The predicted molar refractivity (Wildman–Crippen MR) is 104 cm³/mol. The van der Waals surface area contributed by atoms with Crippen LogP contribution in [0.1, 0.15) is 0 Å². The summed E-state index contributed by atoms with van der Waals surface area (Å²) >= 11 is 3.47. The fraction of sp³-hybridized carbons (Fsp3) is 0.556. The minimum atomic E-state index is -9.20. The van der Waals surface area contributed by atoms with Crippen LogP contribution in [0.5, 0.6) is 0 Å². The van der Waals surface area contributed by atoms with Crippen molar-refractivity contribution in [2.45, 2.75) is 58.7 Å². The maximum absolute atomic E-state index is 14.1. The highest BCUT2D eigenvalue weighted by Crippen LogP contribution is 2.66. The first-order valence-corrected chi connectivity index (χ1v) is 11.1. The van der Waals surface area contributed by atoms with Gasteiger partial charge >= 0.3 is 64.6 Å². The van der Waals surface area contributed by atoms with Crippen LogP contribution in [0.25, 0.3) is 10.2 Å². The topological polar surface area (TPSA) is 42.0 Å². The first kappa shape index (κ1) is 36.7. The molecule has 246 valence electrons. The minimum Gasteiger partial charge on any atom is -0.296 e. The number of para-hydroxylation sites is 1. The van der Waals surface area contributed by atoms with Gasteiger partial charge in [0.1, 0.15) is 0 Å². The molecule has 0 spiro atoms. The largest absolute Gasteiger partial charge is 0.393 e. The summed E-state index contributed by atoms with van der Waals surface area (Å²) in [6.45, 7) is 0. The van der Waals surface area contributed by atoms with Crippen molar-refractivity contribution in [1.29, 1.82) is 0 Å². The van der Waals surface area contributed by atoms with Gasteiger partial charge in [-0.1, -0.05) is 23.5 Å². The molecule has 1 aromatic heterocycles. The Bertz CT molecular complexity index is 1330. The lowest BCUT2D eigenvalue weighted by molar-refractivity contribution is -0.464. The number of nitrogens with one attached hydrogen (secondary N) is 1. The van der Waals surface area contributed by atoms with Gasteiger partial charge in [0.05, 0.1) is 10.2 Å². The number of aromatic nitrogens is 1. The molecule has 0 aliphatic carbocycles. The number of hydrogen-bond acceptors (Lipinski definition) is 3. The standard InChI is InChI=1S/C18H5ClF20N2OS/c19-18(38,39)17(36,37)16(34,35)15(32,33)14(30,31)13(28,29)12(26,27)11(24,25)10(22,23)9(20,21)7(42)41-8-40-5-3-1-2-4-6(5)43-8/h1-4H,(H,40,41,42). The average molecular weight is 713 g/mol. The zero-order valence-corrected chi connectivity index (χ0v) is 20.6. The predicted octanol–water partition coefficient (Wildman–Crippen LogP) is 8.78. The third-order valence-corrected chi connectivity index (χ3v) is 6.50. The molecule has 2 aromatic rings. The summed E-state index contributed by atoms with van der Waals surface area (Å²) < 4.78 is 272. The van der Waals surface area contributed by atoms with Gasteiger partial charge in [-0.2, -0.15) is 87.8 Å². The van der Waals surface area contributed by atoms with E-state index in [1.54, 1.807) is 0 Å². The van der Waals surface area contributed by atoms with Crippen molar-refractivity contribution in [3.05, 3.63) is 24.3 Å². The van der Waals surface area contributed by atoms with Crippen LogP contribution in [0.15, 0.2) is 24.3 Å². The van der Waals surface area contributed by atoms with Crippen molar-refractivity contribution in [3.8, 4) is 0 Å². The molecule has 0 atom stereocenters. The van der Waals surface area contributed by atoms with E-state index in [-0.39, 0.29) is 21.6 Å². The smallest absolute Gasteiger partial charge is 0.296 e. The van der Waals surface area contributed by atoms with Crippen LogP contribution in [-0.4, -0.2) is 69.6 Å². The van der Waals surface area contributed by atoms with Gasteiger partial charge in [-0.15, -0.1) is 0 Å². The Kier molecular flexibility index (Phi) is 8.52. The second-order valence-electron chi connectivity index (χ2n) is 8.11. The fourth-order valence-corrected chi connectivity index (χ4v) is 3.78. The van der Waals surface area contributed by atoms with Gasteiger partial charge in [0.25, 0.3) is 0 Å². The lowest BCUT2D eigenvalue weighted by atomic mass is 9.86. The van der Waals surface area contributed by atoms with Crippen molar-refractivity contribution < 1.29 is 92.6 Å². The zero-order chi connectivity index (χ0) is 34.3. The molecular weight excluding hydrogens is 708 g/mol. The number of halogens is 21. The highest BCUT2D eigenvalue weighted by atomic mass is 35.5. The van der Waals surface area contributed by atoms with Crippen LogP contribution in [-0.2, 0) is 4.79 Å². The molecule has 0 fully saturated rings. The second-order valence-corrected chi connectivity index (χ2v) is 9.61. The SMILES string of the molecule is O=C(Nc1nc2ccccc2s1)C(F)(F)C(F)(F)C(F)(F)C(F)(F)C(F)(F)C(F)(F)C(F)(F)C(F)(F)C(F)(F)C(F)(F)Cl. The van der Waals surface area contributed by atoms with Crippen molar-refractivity contribution >= 4 is 44.2 Å². The number of fused-ring (bicyclic) bond motifs is 1. The van der Waals surface area contributed by atoms with E-state index in [9.17, 15) is 92.6 Å². The summed E-state index contributed by atoms with van der Waals surface area (Å²) in [7, 11) is 0. The van der Waals surface area contributed by atoms with Crippen molar-refractivity contribution in [2.75, 3.05) is 5.32 Å². The molecule has 43 heavy (non-hydrogen) atoms. The summed E-state index contributed by atoms with van der Waals surface area (Å²) in [5.41, 5.74) is -0.202. The van der Waals surface area contributed by atoms with Crippen LogP contribution in [0, 0.1) is 0 Å². The summed E-state index contributed by atoms with van der Waals surface area (Å²) in [5, 5.41) is -7.57. The molecule has 0 radical (unpaired) electrons. The molecule has 1 amide bonds. The van der Waals surface area contributed by atoms with Crippen molar-refractivity contribution in [1.82, 2.24) is 4.98 Å². The monoisotopic (exact) mass is 712 g/mol. The van der Waals surface area contributed by atoms with Gasteiger partial charge < -0.3 is 0 Å². The number of anilines is 1. The highest BCUT2D eigenvalue weighted by Gasteiger charge is 2.98. The molecule has 2 rings (SSSR count). The van der Waals surface area contributed by atoms with E-state index in [4.69, 9.17) is 0 Å². The van der Waals surface area contributed by atoms with Gasteiger partial charge in [0.15, 0.2) is 5.13 Å². The Morgan fingerprint density at radius 1 is 0.581 bits per heavy atom. The first-order valence-electron chi connectivity index (χ1n) is 9.86. The Labute approximate surface area is 230 Å². The Morgan fingerprint density at radius 3 is 1.30 bits per heavy atom. The number of carbonyl (C=O) groups is 1. The first-order chi connectivity index (χ1) is 18.7. The molecule has 0 bridgehead atoms. The molecular formula is C18H5ClF20N2OS. The highest BCUT2D eigenvalue weighted by molar-refractivity contribution is 7.22. The molecule has 0 aliphatic rings. The van der Waals surface area contributed by atoms with Gasteiger partial charge in [-0.3, -0.25) is 10.1 Å². The number of carbonyl (C=O) groups excluding carboxylic acids is 1. The molecule has 25 heteroatoms. The maximum atomic E-state index is 14.1. The summed E-state index contributed by atoms with van der Waals surface area (Å²) in [6, 6.07) is 4.68. The Morgan fingerprint density at radius 2 is 0.930 bits per heavy atom. The molecule has 1 heterocycles. The number of alkyl halides is 21. The molecule has 0 saturated carbocycles. The van der Waals surface area contributed by atoms with Crippen molar-refractivity contribution in [3.63, 3.8) is 0 Å². The van der Waals surface area contributed by atoms with Crippen molar-refractivity contribution in [2.24, 2.45) is 0 Å². The van der Waals surface area contributed by atoms with Gasteiger partial charge in [0.2, 0.25) is 0 Å². The minimum absolute atomic E-state index is 0.0400. The third-order valence-electron chi connectivity index (χ3n) is 5.31. The number of benzene rings is 1. The van der Waals surface area contributed by atoms with E-state index >= 15 is 0 Å². The van der Waals surface area contributed by atoms with Crippen LogP contribution >= 0.6 is 22.9 Å². The van der Waals surface area contributed by atoms with E-state index < -0.39 is 69.7 Å². The third kappa shape index (κ3) is 4.80. The molecule has 3 nitrogen and oxygen atoms in total. The number of rotatable bonds is 11. The molecule has 1 N–H and O–H groups in total. The molecule has 0 aliphatic heterocycles. The number of hydrogen-bond donors (Lipinski definition) is 1. The number of nitrogens with zero attached hydrogens (tertiary/aromatic N) is 1. The average Bonchev–Trinajstić information content (AvgIpc) is 3.24. The Hall–Kier alpha value is -2.53. The number of thiazole rings is 1. The van der Waals surface area contributed by atoms with Crippen LogP contribution < -0.4 is 5.32 Å². The summed E-state index contributed by atoms with van der Waals surface area (Å²) in [6.07, 6.45) is 0. The van der Waals surface area contributed by atoms with E-state index in [0.29, 0.717) is 5.32 Å². The fourth-order valence-electron chi connectivity index (χ4n) is 2.80. The van der Waals surface area contributed by atoms with Gasteiger partial charge in [-0.25, -0.2) is 4.98 Å². The molecule has 1 aromatic carbocycles. The second kappa shape index (κ2) is 9.99. The maximum Gasteiger partial charge on any atom is 0.393 e. The van der Waals surface area contributed by atoms with Gasteiger partial charge in [-0.05, 0) is 23.7 Å². The zero-order valence-electron chi connectivity index (χ0n) is 19.0. The lowest BCUT2D eigenvalue weighted by Crippen LogP contribution is -2.77. The Balaban J connectivity index is 2.59. The molecule has 0 unspecified atom stereocenters.